The normalized spacial score (nSPS) is 18.7. The van der Waals surface area contributed by atoms with Gasteiger partial charge in [-0.2, -0.15) is 0 Å². The molecule has 1 atom stereocenters. The number of amides is 1. The molecule has 1 fully saturated rings. The van der Waals surface area contributed by atoms with Crippen molar-refractivity contribution in [1.82, 2.24) is 5.32 Å². The van der Waals surface area contributed by atoms with Gasteiger partial charge in [0.05, 0.1) is 11.0 Å². The van der Waals surface area contributed by atoms with Crippen LogP contribution in [-0.2, 0) is 6.42 Å². The van der Waals surface area contributed by atoms with Crippen LogP contribution >= 0.6 is 0 Å². The molecule has 0 heterocycles. The summed E-state index contributed by atoms with van der Waals surface area (Å²) in [5.41, 5.74) is 3.17. The van der Waals surface area contributed by atoms with Gasteiger partial charge in [0, 0.05) is 17.7 Å². The van der Waals surface area contributed by atoms with E-state index in [1.165, 1.54) is 11.6 Å². The first-order chi connectivity index (χ1) is 12.6. The zero-order valence-corrected chi connectivity index (χ0v) is 14.4. The van der Waals surface area contributed by atoms with Crippen LogP contribution in [0.5, 0.6) is 0 Å². The zero-order valence-electron chi connectivity index (χ0n) is 14.4. The first kappa shape index (κ1) is 16.6. The van der Waals surface area contributed by atoms with Gasteiger partial charge in [0.2, 0.25) is 0 Å². The van der Waals surface area contributed by atoms with E-state index in [4.69, 9.17) is 0 Å². The number of carbonyl (C=O) groups is 1. The highest BCUT2D eigenvalue weighted by atomic mass is 16.6. The number of nitrogens with zero attached hydrogens (tertiary/aromatic N) is 1. The quantitative estimate of drug-likeness (QED) is 0.630. The van der Waals surface area contributed by atoms with Crippen LogP contribution in [0, 0.1) is 10.1 Å². The predicted octanol–water partition coefficient (Wildman–Crippen LogP) is 3.98. The average molecular weight is 351 g/mol. The molecule has 2 N–H and O–H groups in total. The number of aryl methyl sites for hydroxylation is 1. The minimum atomic E-state index is -0.433. The molecule has 0 saturated heterocycles. The lowest BCUT2D eigenvalue weighted by molar-refractivity contribution is -0.384. The number of benzene rings is 2. The predicted molar refractivity (Wildman–Crippen MR) is 99.3 cm³/mol. The number of hydrogen-bond acceptors (Lipinski definition) is 4. The maximum atomic E-state index is 12.7. The highest BCUT2D eigenvalue weighted by Gasteiger charge is 2.26. The Balaban J connectivity index is 1.55. The van der Waals surface area contributed by atoms with E-state index in [0.717, 1.165) is 37.7 Å². The summed E-state index contributed by atoms with van der Waals surface area (Å²) in [4.78, 5) is 23.6. The van der Waals surface area contributed by atoms with Gasteiger partial charge in [-0.05, 0) is 55.4 Å². The second-order valence-electron chi connectivity index (χ2n) is 7.02. The van der Waals surface area contributed by atoms with Crippen molar-refractivity contribution in [2.75, 3.05) is 5.32 Å². The second-order valence-corrected chi connectivity index (χ2v) is 7.02. The van der Waals surface area contributed by atoms with Gasteiger partial charge in [-0.3, -0.25) is 14.9 Å². The number of nitro groups is 1. The van der Waals surface area contributed by atoms with E-state index in [1.807, 2.05) is 18.2 Å². The van der Waals surface area contributed by atoms with Crippen molar-refractivity contribution in [3.8, 4) is 0 Å². The number of nitrogens with one attached hydrogen (secondary N) is 2. The second kappa shape index (κ2) is 6.78. The van der Waals surface area contributed by atoms with Gasteiger partial charge in [0.25, 0.3) is 11.6 Å². The van der Waals surface area contributed by atoms with E-state index < -0.39 is 4.92 Å². The molecule has 0 aromatic heterocycles. The minimum absolute atomic E-state index is 0.0456. The molecule has 2 aliphatic rings. The smallest absolute Gasteiger partial charge is 0.293 e. The van der Waals surface area contributed by atoms with Crippen molar-refractivity contribution >= 4 is 17.3 Å². The molecule has 1 saturated carbocycles. The Kier molecular flexibility index (Phi) is 4.32. The molecular formula is C20H21N3O3. The molecule has 6 nitrogen and oxygen atoms in total. The summed E-state index contributed by atoms with van der Waals surface area (Å²) in [7, 11) is 0. The number of anilines is 1. The monoisotopic (exact) mass is 351 g/mol. The Morgan fingerprint density at radius 3 is 2.69 bits per heavy atom. The molecule has 2 aromatic rings. The van der Waals surface area contributed by atoms with Crippen molar-refractivity contribution in [3.63, 3.8) is 0 Å². The standard InChI is InChI=1S/C20H21N3O3/c24-20(22-17-7-3-5-13-4-1-2-6-16(13)17)14-8-11-18(21-15-9-10-15)19(12-14)23(25)26/h1-2,4,6,8,11-12,15,17,21H,3,5,7,9-10H2,(H,22,24)/t17-/m0/s1. The molecule has 0 spiro atoms. The fourth-order valence-electron chi connectivity index (χ4n) is 3.54. The number of hydrogen-bond donors (Lipinski definition) is 2. The third-order valence-electron chi connectivity index (χ3n) is 5.07. The molecule has 1 amide bonds. The van der Waals surface area contributed by atoms with Gasteiger partial charge in [-0.25, -0.2) is 0 Å². The van der Waals surface area contributed by atoms with Gasteiger partial charge in [-0.1, -0.05) is 24.3 Å². The Hall–Kier alpha value is -2.89. The highest BCUT2D eigenvalue weighted by Crippen LogP contribution is 2.33. The van der Waals surface area contributed by atoms with Crippen molar-refractivity contribution in [2.24, 2.45) is 0 Å². The van der Waals surface area contributed by atoms with Crippen LogP contribution in [0.2, 0.25) is 0 Å². The van der Waals surface area contributed by atoms with E-state index >= 15 is 0 Å². The molecular weight excluding hydrogens is 330 g/mol. The third-order valence-corrected chi connectivity index (χ3v) is 5.07. The molecule has 0 radical (unpaired) electrons. The average Bonchev–Trinajstić information content (AvgIpc) is 3.46. The summed E-state index contributed by atoms with van der Waals surface area (Å²) in [6.45, 7) is 0. The first-order valence-corrected chi connectivity index (χ1v) is 9.05. The first-order valence-electron chi connectivity index (χ1n) is 9.05. The minimum Gasteiger partial charge on any atom is -0.377 e. The van der Waals surface area contributed by atoms with Gasteiger partial charge in [0.1, 0.15) is 5.69 Å². The van der Waals surface area contributed by atoms with Crippen LogP contribution in [0.1, 0.15) is 53.2 Å². The van der Waals surface area contributed by atoms with Crippen LogP contribution in [-0.4, -0.2) is 16.9 Å². The maximum absolute atomic E-state index is 12.7. The topological polar surface area (TPSA) is 84.3 Å². The molecule has 2 aromatic carbocycles. The Labute approximate surface area is 151 Å². The number of nitro benzene ring substituents is 1. The van der Waals surface area contributed by atoms with Crippen molar-refractivity contribution in [3.05, 3.63) is 69.3 Å². The summed E-state index contributed by atoms with van der Waals surface area (Å²) in [6, 6.07) is 13.1. The van der Waals surface area contributed by atoms with Crippen LogP contribution < -0.4 is 10.6 Å². The fraction of sp³-hybridized carbons (Fsp3) is 0.350. The lowest BCUT2D eigenvalue weighted by atomic mass is 9.87. The van der Waals surface area contributed by atoms with Gasteiger partial charge in [-0.15, -0.1) is 0 Å². The number of carbonyl (C=O) groups excluding carboxylic acids is 1. The van der Waals surface area contributed by atoms with Crippen molar-refractivity contribution < 1.29 is 9.72 Å². The molecule has 4 rings (SSSR count). The lowest BCUT2D eigenvalue weighted by Gasteiger charge is -2.26. The number of fused-ring (bicyclic) bond motifs is 1. The van der Waals surface area contributed by atoms with Gasteiger partial charge >= 0.3 is 0 Å². The molecule has 6 heteroatoms. The van der Waals surface area contributed by atoms with E-state index in [2.05, 4.69) is 16.7 Å². The summed E-state index contributed by atoms with van der Waals surface area (Å²) < 4.78 is 0. The number of rotatable bonds is 5. The van der Waals surface area contributed by atoms with Crippen LogP contribution in [0.3, 0.4) is 0 Å². The summed E-state index contributed by atoms with van der Waals surface area (Å²) in [6.07, 6.45) is 4.98. The molecule has 2 aliphatic carbocycles. The molecule has 0 unspecified atom stereocenters. The Morgan fingerprint density at radius 2 is 1.92 bits per heavy atom. The van der Waals surface area contributed by atoms with E-state index in [0.29, 0.717) is 17.3 Å². The lowest BCUT2D eigenvalue weighted by Crippen LogP contribution is -2.31. The van der Waals surface area contributed by atoms with E-state index in [1.54, 1.807) is 12.1 Å². The molecule has 0 aliphatic heterocycles. The molecule has 26 heavy (non-hydrogen) atoms. The molecule has 0 bridgehead atoms. The van der Waals surface area contributed by atoms with Crippen molar-refractivity contribution in [2.45, 2.75) is 44.2 Å². The zero-order chi connectivity index (χ0) is 18.1. The Bertz CT molecular complexity index is 861. The SMILES string of the molecule is O=C(N[C@H]1CCCc2ccccc21)c1ccc(NC2CC2)c([N+](=O)[O-])c1. The Morgan fingerprint density at radius 1 is 1.12 bits per heavy atom. The highest BCUT2D eigenvalue weighted by molar-refractivity contribution is 5.96. The van der Waals surface area contributed by atoms with Gasteiger partial charge < -0.3 is 10.6 Å². The van der Waals surface area contributed by atoms with Gasteiger partial charge in [0.15, 0.2) is 0 Å². The van der Waals surface area contributed by atoms with E-state index in [-0.39, 0.29) is 17.6 Å². The summed E-state index contributed by atoms with van der Waals surface area (Å²) >= 11 is 0. The van der Waals surface area contributed by atoms with Crippen molar-refractivity contribution in [1.29, 1.82) is 0 Å². The summed E-state index contributed by atoms with van der Waals surface area (Å²) in [5, 5.41) is 17.6. The van der Waals surface area contributed by atoms with Crippen LogP contribution in [0.4, 0.5) is 11.4 Å². The van der Waals surface area contributed by atoms with Crippen LogP contribution in [0.15, 0.2) is 42.5 Å². The third kappa shape index (κ3) is 3.40. The summed E-state index contributed by atoms with van der Waals surface area (Å²) in [5.74, 6) is -0.271. The van der Waals surface area contributed by atoms with Crippen LogP contribution in [0.25, 0.3) is 0 Å². The van der Waals surface area contributed by atoms with E-state index in [9.17, 15) is 14.9 Å². The maximum Gasteiger partial charge on any atom is 0.293 e. The molecule has 134 valence electrons. The largest absolute Gasteiger partial charge is 0.377 e. The fourth-order valence-corrected chi connectivity index (χ4v) is 3.54.